The largest absolute Gasteiger partial charge is 0.469 e. The first-order chi connectivity index (χ1) is 16.4. The van der Waals surface area contributed by atoms with E-state index >= 15 is 0 Å². The average molecular weight is 483 g/mol. The summed E-state index contributed by atoms with van der Waals surface area (Å²) in [4.78, 5) is 15.2. The van der Waals surface area contributed by atoms with Gasteiger partial charge in [0.05, 0.1) is 24.5 Å². The normalized spacial score (nSPS) is 19.0. The van der Waals surface area contributed by atoms with Crippen LogP contribution in [-0.2, 0) is 30.7 Å². The SMILES string of the molecule is COCCc1ccc(-c2cc3ccc(S(=O)(=O)N=CC4CCC(C(=O)OC)CC4)cc3[nH]2)cc1. The second-order valence-electron chi connectivity index (χ2n) is 8.74. The summed E-state index contributed by atoms with van der Waals surface area (Å²) < 4.78 is 39.6. The number of methoxy groups -OCH3 is 2. The molecule has 8 heteroatoms. The van der Waals surface area contributed by atoms with E-state index in [1.807, 2.05) is 18.2 Å². The number of fused-ring (bicyclic) bond motifs is 1. The third-order valence-corrected chi connectivity index (χ3v) is 7.72. The number of hydrogen-bond donors (Lipinski definition) is 1. The van der Waals surface area contributed by atoms with Gasteiger partial charge in [0.1, 0.15) is 0 Å². The van der Waals surface area contributed by atoms with Crippen LogP contribution < -0.4 is 0 Å². The first kappa shape index (κ1) is 24.2. The zero-order valence-corrected chi connectivity index (χ0v) is 20.3. The monoisotopic (exact) mass is 482 g/mol. The summed E-state index contributed by atoms with van der Waals surface area (Å²) in [6, 6.07) is 15.3. The van der Waals surface area contributed by atoms with E-state index in [1.165, 1.54) is 18.9 Å². The first-order valence-corrected chi connectivity index (χ1v) is 12.9. The Kier molecular flexibility index (Phi) is 7.48. The van der Waals surface area contributed by atoms with E-state index in [0.29, 0.717) is 19.4 Å². The Morgan fingerprint density at radius 3 is 2.47 bits per heavy atom. The molecule has 1 fully saturated rings. The van der Waals surface area contributed by atoms with Crippen molar-refractivity contribution in [1.29, 1.82) is 0 Å². The minimum atomic E-state index is -3.81. The minimum absolute atomic E-state index is 0.0448. The topological polar surface area (TPSA) is 97.8 Å². The van der Waals surface area contributed by atoms with Crippen molar-refractivity contribution in [3.05, 3.63) is 54.1 Å². The number of aromatic nitrogens is 1. The van der Waals surface area contributed by atoms with Gasteiger partial charge in [0, 0.05) is 29.9 Å². The number of H-pyrrole nitrogens is 1. The number of rotatable bonds is 8. The zero-order valence-electron chi connectivity index (χ0n) is 19.5. The lowest BCUT2D eigenvalue weighted by atomic mass is 9.83. The highest BCUT2D eigenvalue weighted by Gasteiger charge is 2.26. The molecule has 0 amide bonds. The molecule has 2 aromatic carbocycles. The summed E-state index contributed by atoms with van der Waals surface area (Å²) >= 11 is 0. The van der Waals surface area contributed by atoms with Gasteiger partial charge in [-0.3, -0.25) is 4.79 Å². The van der Waals surface area contributed by atoms with E-state index in [4.69, 9.17) is 9.47 Å². The molecule has 1 aromatic heterocycles. The molecule has 0 atom stereocenters. The molecule has 0 spiro atoms. The molecule has 34 heavy (non-hydrogen) atoms. The van der Waals surface area contributed by atoms with Crippen molar-refractivity contribution >= 4 is 33.1 Å². The summed E-state index contributed by atoms with van der Waals surface area (Å²) in [5, 5.41) is 0.933. The Bertz CT molecular complexity index is 1270. The molecule has 1 N–H and O–H groups in total. The van der Waals surface area contributed by atoms with Crippen LogP contribution in [0, 0.1) is 11.8 Å². The fourth-order valence-corrected chi connectivity index (χ4v) is 5.35. The molecule has 3 aromatic rings. The molecule has 1 saturated carbocycles. The number of sulfonamides is 1. The lowest BCUT2D eigenvalue weighted by Gasteiger charge is -2.24. The maximum Gasteiger partial charge on any atom is 0.308 e. The van der Waals surface area contributed by atoms with Crippen LogP contribution in [0.25, 0.3) is 22.2 Å². The van der Waals surface area contributed by atoms with Gasteiger partial charge < -0.3 is 14.5 Å². The van der Waals surface area contributed by atoms with E-state index in [9.17, 15) is 13.2 Å². The number of nitrogens with one attached hydrogen (secondary N) is 1. The fourth-order valence-electron chi connectivity index (χ4n) is 4.39. The lowest BCUT2D eigenvalue weighted by Crippen LogP contribution is -2.23. The molecule has 180 valence electrons. The van der Waals surface area contributed by atoms with Gasteiger partial charge in [0.25, 0.3) is 10.0 Å². The second-order valence-corrected chi connectivity index (χ2v) is 10.4. The van der Waals surface area contributed by atoms with E-state index < -0.39 is 10.0 Å². The first-order valence-electron chi connectivity index (χ1n) is 11.5. The van der Waals surface area contributed by atoms with Gasteiger partial charge in [-0.1, -0.05) is 30.3 Å². The van der Waals surface area contributed by atoms with E-state index in [2.05, 4.69) is 21.5 Å². The van der Waals surface area contributed by atoms with E-state index in [-0.39, 0.29) is 22.7 Å². The highest BCUT2D eigenvalue weighted by atomic mass is 32.2. The Hall–Kier alpha value is -2.97. The van der Waals surface area contributed by atoms with Crippen LogP contribution in [0.4, 0.5) is 0 Å². The van der Waals surface area contributed by atoms with Gasteiger partial charge in [0.2, 0.25) is 0 Å². The van der Waals surface area contributed by atoms with Gasteiger partial charge in [-0.25, -0.2) is 0 Å². The summed E-state index contributed by atoms with van der Waals surface area (Å²) in [7, 11) is -0.724. The summed E-state index contributed by atoms with van der Waals surface area (Å²) in [6.07, 6.45) is 5.21. The van der Waals surface area contributed by atoms with Crippen molar-refractivity contribution in [2.45, 2.75) is 37.0 Å². The minimum Gasteiger partial charge on any atom is -0.469 e. The highest BCUT2D eigenvalue weighted by Crippen LogP contribution is 2.30. The maximum absolute atomic E-state index is 12.8. The second kappa shape index (κ2) is 10.5. The Morgan fingerprint density at radius 1 is 1.06 bits per heavy atom. The fraction of sp³-hybridized carbons (Fsp3) is 0.385. The number of nitrogens with zero attached hydrogens (tertiary/aromatic N) is 1. The standard InChI is InChI=1S/C26H30N2O5S/c1-32-14-13-18-3-7-20(8-4-18)24-15-22-11-12-23(16-25(22)28-24)34(30,31)27-17-19-5-9-21(10-6-19)26(29)33-2/h3-4,7-8,11-12,15-17,19,21,28H,5-6,9-10,13-14H2,1-2H3. The van der Waals surface area contributed by atoms with Crippen LogP contribution in [0.2, 0.25) is 0 Å². The molecule has 1 aliphatic carbocycles. The number of hydrogen-bond acceptors (Lipinski definition) is 5. The number of ether oxygens (including phenoxy) is 2. The maximum atomic E-state index is 12.8. The predicted molar refractivity (Wildman–Crippen MR) is 132 cm³/mol. The molecule has 0 radical (unpaired) electrons. The summed E-state index contributed by atoms with van der Waals surface area (Å²) in [6.45, 7) is 0.681. The van der Waals surface area contributed by atoms with Crippen LogP contribution >= 0.6 is 0 Å². The molecule has 0 aliphatic heterocycles. The number of carbonyl (C=O) groups excluding carboxylic acids is 1. The van der Waals surface area contributed by atoms with Gasteiger partial charge in [-0.2, -0.15) is 12.8 Å². The van der Waals surface area contributed by atoms with Crippen molar-refractivity contribution < 1.29 is 22.7 Å². The molecule has 0 bridgehead atoms. The summed E-state index contributed by atoms with van der Waals surface area (Å²) in [5.41, 5.74) is 3.90. The smallest absolute Gasteiger partial charge is 0.308 e. The van der Waals surface area contributed by atoms with Crippen LogP contribution in [0.3, 0.4) is 0 Å². The van der Waals surface area contributed by atoms with Crippen molar-refractivity contribution in [2.75, 3.05) is 20.8 Å². The third kappa shape index (κ3) is 5.56. The number of benzene rings is 2. The molecule has 1 aliphatic rings. The van der Waals surface area contributed by atoms with Crippen molar-refractivity contribution in [2.24, 2.45) is 16.2 Å². The molecular formula is C26H30N2O5S. The number of esters is 1. The van der Waals surface area contributed by atoms with E-state index in [0.717, 1.165) is 41.4 Å². The Morgan fingerprint density at radius 2 is 1.79 bits per heavy atom. The Balaban J connectivity index is 1.47. The van der Waals surface area contributed by atoms with Gasteiger partial charge in [-0.05, 0) is 67.3 Å². The Labute approximate surface area is 200 Å². The zero-order chi connectivity index (χ0) is 24.1. The molecule has 7 nitrogen and oxygen atoms in total. The predicted octanol–water partition coefficient (Wildman–Crippen LogP) is 4.76. The van der Waals surface area contributed by atoms with Crippen LogP contribution in [0.1, 0.15) is 31.2 Å². The third-order valence-electron chi connectivity index (χ3n) is 6.47. The van der Waals surface area contributed by atoms with E-state index in [1.54, 1.807) is 25.3 Å². The van der Waals surface area contributed by atoms with Crippen LogP contribution in [0.15, 0.2) is 57.8 Å². The van der Waals surface area contributed by atoms with Crippen LogP contribution in [-0.4, -0.2) is 46.4 Å². The van der Waals surface area contributed by atoms with Crippen molar-refractivity contribution in [1.82, 2.24) is 4.98 Å². The van der Waals surface area contributed by atoms with Crippen molar-refractivity contribution in [3.63, 3.8) is 0 Å². The van der Waals surface area contributed by atoms with Gasteiger partial charge in [-0.15, -0.1) is 0 Å². The number of carbonyl (C=O) groups is 1. The van der Waals surface area contributed by atoms with Gasteiger partial charge >= 0.3 is 5.97 Å². The van der Waals surface area contributed by atoms with Crippen molar-refractivity contribution in [3.8, 4) is 11.3 Å². The highest BCUT2D eigenvalue weighted by molar-refractivity contribution is 7.90. The van der Waals surface area contributed by atoms with Gasteiger partial charge in [0.15, 0.2) is 0 Å². The molecular weight excluding hydrogens is 452 g/mol. The average Bonchev–Trinajstić information content (AvgIpc) is 3.30. The lowest BCUT2D eigenvalue weighted by molar-refractivity contribution is -0.146. The molecule has 4 rings (SSSR count). The van der Waals surface area contributed by atoms with Crippen LogP contribution in [0.5, 0.6) is 0 Å². The molecule has 0 unspecified atom stereocenters. The molecule has 0 saturated heterocycles. The molecule has 1 heterocycles. The summed E-state index contributed by atoms with van der Waals surface area (Å²) in [5.74, 6) is -0.246. The number of aromatic amines is 1. The quantitative estimate of drug-likeness (QED) is 0.369.